The number of nitrogens with zero attached hydrogens (tertiary/aromatic N) is 12. The lowest BCUT2D eigenvalue weighted by Crippen LogP contribution is -2.54. The summed E-state index contributed by atoms with van der Waals surface area (Å²) < 4.78 is 22.7. The number of piperidine rings is 2. The van der Waals surface area contributed by atoms with E-state index in [4.69, 9.17) is 41.4 Å². The monoisotopic (exact) mass is 1050 g/mol. The van der Waals surface area contributed by atoms with Gasteiger partial charge in [0.25, 0.3) is 0 Å². The Labute approximate surface area is 438 Å². The highest BCUT2D eigenvalue weighted by atomic mass is 16.6. The van der Waals surface area contributed by atoms with E-state index in [0.717, 1.165) is 22.3 Å². The molecule has 0 saturated carbocycles. The largest absolute Gasteiger partial charge is 0.466 e. The van der Waals surface area contributed by atoms with Gasteiger partial charge in [-0.2, -0.15) is 29.4 Å². The normalized spacial score (nSPS) is 17.9. The number of carbonyl (C=O) groups excluding carboxylic acids is 6. The second-order valence-corrected chi connectivity index (χ2v) is 20.8. The van der Waals surface area contributed by atoms with Crippen LogP contribution in [0.2, 0.25) is 0 Å². The van der Waals surface area contributed by atoms with Crippen LogP contribution in [0.1, 0.15) is 110 Å². The molecule has 6 aromatic rings. The standard InChI is InChI=1S/C26H36N8O5.C24H33N9O4/c1-6-38-22(35)9-10-28-24(36)20-8-7-16(15-33(20)25(37)39-26(2,3)4)19-11-21(27)34-23(31-19)18(13-30-34)17-12-29-32(5)14-17;1-24(2,3)37-23(36)32-13-14(5-6-18(32)22(35)27-8-7-20(26)34)17-9-19(25)33-21(30-17)16(11-29-33)15-10-28-31(4)12-15/h11-14,16,20H,6-10,15,27H2,1-5H3,(H,28,36);9-12,14,18H,5-8,13,25H2,1-4H3,(H2,26,34)(H,27,35)/t16-,20-;14-,18-/m00/s1. The van der Waals surface area contributed by atoms with Crippen LogP contribution in [-0.4, -0.2) is 151 Å². The molecule has 2 saturated heterocycles. The van der Waals surface area contributed by atoms with Gasteiger partial charge in [0.05, 0.1) is 49.2 Å². The van der Waals surface area contributed by atoms with Gasteiger partial charge in [-0.3, -0.25) is 38.3 Å². The van der Waals surface area contributed by atoms with Crippen LogP contribution in [0.4, 0.5) is 21.2 Å². The quantitative estimate of drug-likeness (QED) is 0.0817. The van der Waals surface area contributed by atoms with Crippen LogP contribution >= 0.6 is 0 Å². The molecule has 8 N–H and O–H groups in total. The zero-order valence-corrected chi connectivity index (χ0v) is 44.5. The Kier molecular flexibility index (Phi) is 16.8. The lowest BCUT2D eigenvalue weighted by molar-refractivity contribution is -0.143. The van der Waals surface area contributed by atoms with Crippen molar-refractivity contribution in [1.82, 2.24) is 69.2 Å². The number of amides is 5. The lowest BCUT2D eigenvalue weighted by atomic mass is 9.89. The average molecular weight is 1050 g/mol. The molecule has 2 aliphatic rings. The fourth-order valence-electron chi connectivity index (χ4n) is 9.04. The number of hydrogen-bond donors (Lipinski definition) is 5. The number of carbonyl (C=O) groups is 6. The molecule has 0 spiro atoms. The Morgan fingerprint density at radius 3 is 1.42 bits per heavy atom. The van der Waals surface area contributed by atoms with Gasteiger partial charge < -0.3 is 42.0 Å². The SMILES string of the molecule is CCOC(=O)CCNC(=O)[C@@H]1CC[C@H](c2cc(N)n3ncc(-c4cnn(C)c4)c3n2)CN1C(=O)OC(C)(C)C.Cn1cc(-c2cnn3c(N)cc([C@H]4CC[C@@H](C(=O)NCCC(N)=O)N(C(=O)OC(C)(C)C)C4)nc23)cn1. The van der Waals surface area contributed by atoms with Crippen molar-refractivity contribution in [2.75, 3.05) is 44.3 Å². The van der Waals surface area contributed by atoms with Gasteiger partial charge in [0.15, 0.2) is 11.3 Å². The second-order valence-electron chi connectivity index (χ2n) is 20.8. The van der Waals surface area contributed by atoms with E-state index in [2.05, 4.69) is 31.0 Å². The molecule has 408 valence electrons. The van der Waals surface area contributed by atoms with E-state index in [0.29, 0.717) is 60.0 Å². The molecular weight excluding hydrogens is 983 g/mol. The minimum Gasteiger partial charge on any atom is -0.466 e. The topological polar surface area (TPSA) is 335 Å². The Morgan fingerprint density at radius 2 is 1.05 bits per heavy atom. The van der Waals surface area contributed by atoms with Crippen LogP contribution in [0.3, 0.4) is 0 Å². The molecular formula is C50H69N17O9. The number of esters is 1. The Balaban J connectivity index is 0.000000221. The minimum absolute atomic E-state index is 0.0152. The summed E-state index contributed by atoms with van der Waals surface area (Å²) in [5.74, 6) is -1.17. The van der Waals surface area contributed by atoms with Gasteiger partial charge in [0.2, 0.25) is 17.7 Å². The van der Waals surface area contributed by atoms with Gasteiger partial charge in [0, 0.05) is 105 Å². The minimum atomic E-state index is -0.750. The third-order valence-electron chi connectivity index (χ3n) is 12.5. The highest BCUT2D eigenvalue weighted by Crippen LogP contribution is 2.35. The molecule has 8 heterocycles. The third kappa shape index (κ3) is 13.5. The maximum atomic E-state index is 13.2. The number of rotatable bonds is 13. The molecule has 0 bridgehead atoms. The number of nitrogens with one attached hydrogen (secondary N) is 2. The van der Waals surface area contributed by atoms with E-state index in [1.54, 1.807) is 104 Å². The van der Waals surface area contributed by atoms with Gasteiger partial charge in [-0.1, -0.05) is 0 Å². The van der Waals surface area contributed by atoms with Crippen molar-refractivity contribution in [2.24, 2.45) is 19.8 Å². The summed E-state index contributed by atoms with van der Waals surface area (Å²) in [7, 11) is 3.66. The summed E-state index contributed by atoms with van der Waals surface area (Å²) >= 11 is 0. The molecule has 6 aromatic heterocycles. The lowest BCUT2D eigenvalue weighted by Gasteiger charge is -2.39. The summed E-state index contributed by atoms with van der Waals surface area (Å²) in [6, 6.07) is 2.00. The second kappa shape index (κ2) is 23.1. The summed E-state index contributed by atoms with van der Waals surface area (Å²) in [4.78, 5) is 87.7. The molecule has 8 rings (SSSR count). The number of anilines is 2. The molecule has 5 amide bonds. The van der Waals surface area contributed by atoms with Gasteiger partial charge in [-0.05, 0) is 74.1 Å². The Morgan fingerprint density at radius 1 is 0.632 bits per heavy atom. The molecule has 2 aliphatic heterocycles. The number of aryl methyl sites for hydroxylation is 2. The van der Waals surface area contributed by atoms with Gasteiger partial charge in [-0.15, -0.1) is 0 Å². The van der Waals surface area contributed by atoms with E-state index in [9.17, 15) is 28.8 Å². The molecule has 2 fully saturated rings. The Hall–Kier alpha value is -8.32. The molecule has 4 atom stereocenters. The molecule has 0 aliphatic carbocycles. The number of fused-ring (bicyclic) bond motifs is 2. The molecule has 26 heteroatoms. The predicted molar refractivity (Wildman–Crippen MR) is 278 cm³/mol. The molecule has 0 aromatic carbocycles. The van der Waals surface area contributed by atoms with Crippen molar-refractivity contribution in [1.29, 1.82) is 0 Å². The number of nitrogen functional groups attached to an aromatic ring is 2. The maximum Gasteiger partial charge on any atom is 0.410 e. The summed E-state index contributed by atoms with van der Waals surface area (Å²) in [6.45, 7) is 13.3. The number of aromatic nitrogens is 10. The number of primary amides is 1. The smallest absolute Gasteiger partial charge is 0.410 e. The van der Waals surface area contributed by atoms with Crippen LogP contribution in [-0.2, 0) is 47.5 Å². The van der Waals surface area contributed by atoms with Crippen molar-refractivity contribution < 1.29 is 43.0 Å². The summed E-state index contributed by atoms with van der Waals surface area (Å²) in [5, 5.41) is 22.7. The highest BCUT2D eigenvalue weighted by molar-refractivity contribution is 5.87. The van der Waals surface area contributed by atoms with Crippen molar-refractivity contribution in [3.63, 3.8) is 0 Å². The van der Waals surface area contributed by atoms with Crippen molar-refractivity contribution >= 4 is 58.8 Å². The highest BCUT2D eigenvalue weighted by Gasteiger charge is 2.41. The van der Waals surface area contributed by atoms with E-state index in [1.807, 2.05) is 26.5 Å². The summed E-state index contributed by atoms with van der Waals surface area (Å²) in [6.07, 6.45) is 11.4. The van der Waals surface area contributed by atoms with E-state index in [-0.39, 0.29) is 69.3 Å². The van der Waals surface area contributed by atoms with Crippen molar-refractivity contribution in [2.45, 2.75) is 122 Å². The average Bonchev–Trinajstić information content (AvgIpc) is 4.18. The van der Waals surface area contributed by atoms with Crippen molar-refractivity contribution in [3.8, 4) is 22.3 Å². The van der Waals surface area contributed by atoms with E-state index >= 15 is 0 Å². The number of likely N-dealkylation sites (tertiary alicyclic amines) is 2. The van der Waals surface area contributed by atoms with Crippen LogP contribution in [0.15, 0.2) is 49.3 Å². The Bertz CT molecular complexity index is 3090. The number of hydrogen-bond acceptors (Lipinski definition) is 17. The summed E-state index contributed by atoms with van der Waals surface area (Å²) in [5.41, 5.74) is 22.2. The van der Waals surface area contributed by atoms with Crippen LogP contribution in [0, 0.1) is 0 Å². The first-order chi connectivity index (χ1) is 35.9. The van der Waals surface area contributed by atoms with Crippen LogP contribution in [0.25, 0.3) is 33.5 Å². The molecule has 26 nitrogen and oxygen atoms in total. The van der Waals surface area contributed by atoms with E-state index in [1.165, 1.54) is 9.80 Å². The van der Waals surface area contributed by atoms with Gasteiger partial charge >= 0.3 is 18.2 Å². The fraction of sp³-hybridized carbons (Fsp3) is 0.520. The first kappa shape index (κ1) is 55.4. The molecule has 76 heavy (non-hydrogen) atoms. The molecule has 0 radical (unpaired) electrons. The van der Waals surface area contributed by atoms with E-state index < -0.39 is 47.3 Å². The predicted octanol–water partition coefficient (Wildman–Crippen LogP) is 3.45. The van der Waals surface area contributed by atoms with Gasteiger partial charge in [-0.25, -0.2) is 19.6 Å². The first-order valence-corrected chi connectivity index (χ1v) is 25.1. The molecule has 0 unspecified atom stereocenters. The van der Waals surface area contributed by atoms with Gasteiger partial charge in [0.1, 0.15) is 34.9 Å². The maximum absolute atomic E-state index is 13.2. The zero-order valence-electron chi connectivity index (χ0n) is 44.5. The first-order valence-electron chi connectivity index (χ1n) is 25.1. The third-order valence-corrected chi connectivity index (χ3v) is 12.5. The fourth-order valence-corrected chi connectivity index (χ4v) is 9.04. The number of nitrogens with two attached hydrogens (primary N) is 3. The van der Waals surface area contributed by atoms with Crippen LogP contribution < -0.4 is 27.8 Å². The van der Waals surface area contributed by atoms with Crippen LogP contribution in [0.5, 0.6) is 0 Å². The van der Waals surface area contributed by atoms with Crippen molar-refractivity contribution in [3.05, 3.63) is 60.7 Å². The zero-order chi connectivity index (χ0) is 55.2. The number of ether oxygens (including phenoxy) is 3.